The highest BCUT2D eigenvalue weighted by molar-refractivity contribution is 7.89. The van der Waals surface area contributed by atoms with Gasteiger partial charge in [0.25, 0.3) is 5.91 Å². The second-order valence-corrected chi connectivity index (χ2v) is 12.4. The van der Waals surface area contributed by atoms with Crippen molar-refractivity contribution in [3.63, 3.8) is 0 Å². The quantitative estimate of drug-likeness (QED) is 0.639. The van der Waals surface area contributed by atoms with E-state index in [1.54, 1.807) is 26.5 Å². The maximum absolute atomic E-state index is 13.7. The summed E-state index contributed by atoms with van der Waals surface area (Å²) in [5, 5.41) is 0. The predicted octanol–water partition coefficient (Wildman–Crippen LogP) is 3.57. The van der Waals surface area contributed by atoms with E-state index in [0.29, 0.717) is 23.4 Å². The van der Waals surface area contributed by atoms with Crippen LogP contribution in [0.25, 0.3) is 11.0 Å². The molecule has 2 aromatic carbocycles. The maximum atomic E-state index is 13.7. The van der Waals surface area contributed by atoms with Crippen molar-refractivity contribution < 1.29 is 13.2 Å². The van der Waals surface area contributed by atoms with E-state index < -0.39 is 10.0 Å². The fraction of sp³-hybridized carbons (Fsp3) is 0.440. The van der Waals surface area contributed by atoms with Gasteiger partial charge in [0.05, 0.1) is 22.3 Å². The van der Waals surface area contributed by atoms with Crippen LogP contribution in [0.5, 0.6) is 0 Å². The van der Waals surface area contributed by atoms with Gasteiger partial charge in [0, 0.05) is 37.7 Å². The van der Waals surface area contributed by atoms with Gasteiger partial charge in [-0.25, -0.2) is 17.7 Å². The minimum atomic E-state index is -3.53. The van der Waals surface area contributed by atoms with Crippen molar-refractivity contribution in [3.8, 4) is 0 Å². The standard InChI is InChI=1S/C25H30N4O3S/c1-24(2)22-14-17-12-18(33(31,32)28(4)5)7-8-19(17)25(24,3)10-11-29(22)23(30)16-6-9-20-21(13-16)27-15-26-20/h6-9,12-13,15,22H,10-11,14H2,1-5H3,(H,26,27). The Morgan fingerprint density at radius 3 is 2.64 bits per heavy atom. The molecule has 2 heterocycles. The highest BCUT2D eigenvalue weighted by atomic mass is 32.2. The van der Waals surface area contributed by atoms with Crippen molar-refractivity contribution >= 4 is 27.0 Å². The fourth-order valence-electron chi connectivity index (χ4n) is 5.76. The molecule has 1 fully saturated rings. The topological polar surface area (TPSA) is 86.4 Å². The van der Waals surface area contributed by atoms with Crippen LogP contribution < -0.4 is 0 Å². The summed E-state index contributed by atoms with van der Waals surface area (Å²) in [5.41, 5.74) is 4.21. The Hall–Kier alpha value is -2.71. The van der Waals surface area contributed by atoms with E-state index in [2.05, 4.69) is 30.7 Å². The van der Waals surface area contributed by atoms with Crippen LogP contribution >= 0.6 is 0 Å². The Bertz CT molecular complexity index is 1380. The number of amides is 1. The highest BCUT2D eigenvalue weighted by Gasteiger charge is 2.57. The molecule has 2 atom stereocenters. The normalized spacial score (nSPS) is 24.2. The van der Waals surface area contributed by atoms with Crippen molar-refractivity contribution in [1.29, 1.82) is 0 Å². The van der Waals surface area contributed by atoms with Gasteiger partial charge in [-0.2, -0.15) is 0 Å². The fourth-order valence-corrected chi connectivity index (χ4v) is 6.71. The van der Waals surface area contributed by atoms with Crippen LogP contribution in [-0.4, -0.2) is 60.2 Å². The van der Waals surface area contributed by atoms with Crippen LogP contribution in [0.2, 0.25) is 0 Å². The van der Waals surface area contributed by atoms with E-state index in [9.17, 15) is 13.2 Å². The van der Waals surface area contributed by atoms with E-state index in [-0.39, 0.29) is 22.8 Å². The number of carbonyl (C=O) groups excluding carboxylic acids is 1. The third kappa shape index (κ3) is 3.07. The summed E-state index contributed by atoms with van der Waals surface area (Å²) in [7, 11) is -0.434. The minimum absolute atomic E-state index is 0.00661. The molecule has 2 bridgehead atoms. The number of H-pyrrole nitrogens is 1. The summed E-state index contributed by atoms with van der Waals surface area (Å²) in [6.45, 7) is 7.41. The van der Waals surface area contributed by atoms with Crippen LogP contribution in [0.4, 0.5) is 0 Å². The smallest absolute Gasteiger partial charge is 0.254 e. The zero-order chi connectivity index (χ0) is 23.8. The first-order valence-electron chi connectivity index (χ1n) is 11.3. The number of likely N-dealkylation sites (tertiary alicyclic amines) is 1. The van der Waals surface area contributed by atoms with Crippen molar-refractivity contribution in [2.45, 2.75) is 50.0 Å². The van der Waals surface area contributed by atoms with Gasteiger partial charge in [-0.3, -0.25) is 4.79 Å². The number of nitrogens with one attached hydrogen (secondary N) is 1. The van der Waals surface area contributed by atoms with Gasteiger partial charge in [-0.1, -0.05) is 26.8 Å². The van der Waals surface area contributed by atoms with Gasteiger partial charge < -0.3 is 9.88 Å². The van der Waals surface area contributed by atoms with Crippen molar-refractivity contribution in [1.82, 2.24) is 19.2 Å². The number of sulfonamides is 1. The summed E-state index contributed by atoms with van der Waals surface area (Å²) in [4.78, 5) is 23.3. The van der Waals surface area contributed by atoms with Crippen LogP contribution in [0, 0.1) is 5.41 Å². The van der Waals surface area contributed by atoms with Crippen LogP contribution in [0.15, 0.2) is 47.6 Å². The van der Waals surface area contributed by atoms with E-state index in [1.807, 2.05) is 35.2 Å². The Labute approximate surface area is 194 Å². The Morgan fingerprint density at radius 1 is 1.15 bits per heavy atom. The first-order chi connectivity index (χ1) is 15.5. The first kappa shape index (κ1) is 22.1. The largest absolute Gasteiger partial charge is 0.345 e. The lowest BCUT2D eigenvalue weighted by molar-refractivity contribution is -0.0262. The molecule has 5 rings (SSSR count). The molecule has 1 amide bonds. The van der Waals surface area contributed by atoms with Gasteiger partial charge in [-0.05, 0) is 59.7 Å². The number of aromatic amines is 1. The average molecular weight is 467 g/mol. The number of benzene rings is 2. The van der Waals surface area contributed by atoms with Gasteiger partial charge in [0.2, 0.25) is 10.0 Å². The summed E-state index contributed by atoms with van der Waals surface area (Å²) in [6.07, 6.45) is 3.08. The number of imidazole rings is 1. The van der Waals surface area contributed by atoms with Gasteiger partial charge in [-0.15, -0.1) is 0 Å². The zero-order valence-electron chi connectivity index (χ0n) is 19.7. The molecular weight excluding hydrogens is 436 g/mol. The van der Waals surface area contributed by atoms with Crippen molar-refractivity contribution in [3.05, 3.63) is 59.4 Å². The summed E-state index contributed by atoms with van der Waals surface area (Å²) < 4.78 is 26.8. The number of piperidine rings is 1. The van der Waals surface area contributed by atoms with Crippen LogP contribution in [0.1, 0.15) is 48.7 Å². The lowest BCUT2D eigenvalue weighted by atomic mass is 9.51. The minimum Gasteiger partial charge on any atom is -0.345 e. The molecule has 2 unspecified atom stereocenters. The SMILES string of the molecule is CN(C)S(=O)(=O)c1ccc2c(c1)CC1N(C(=O)c3ccc4nc[nH]c4c3)CCC2(C)C1(C)C. The summed E-state index contributed by atoms with van der Waals surface area (Å²) in [5.74, 6) is 0.00661. The zero-order valence-corrected chi connectivity index (χ0v) is 20.5. The predicted molar refractivity (Wildman–Crippen MR) is 128 cm³/mol. The molecular formula is C25H30N4O3S. The Balaban J connectivity index is 1.57. The second kappa shape index (κ2) is 7.14. The molecule has 0 radical (unpaired) electrons. The second-order valence-electron chi connectivity index (χ2n) is 10.3. The number of carbonyl (C=O) groups is 1. The van der Waals surface area contributed by atoms with E-state index in [0.717, 1.165) is 23.0 Å². The lowest BCUT2D eigenvalue weighted by Crippen LogP contribution is -2.64. The highest BCUT2D eigenvalue weighted by Crippen LogP contribution is 2.56. The Kier molecular flexibility index (Phi) is 4.78. The van der Waals surface area contributed by atoms with Gasteiger partial charge >= 0.3 is 0 Å². The molecule has 1 N–H and O–H groups in total. The molecule has 174 valence electrons. The van der Waals surface area contributed by atoms with Crippen LogP contribution in [-0.2, 0) is 21.9 Å². The molecule has 1 aromatic heterocycles. The third-order valence-electron chi connectivity index (χ3n) is 8.28. The molecule has 0 spiro atoms. The maximum Gasteiger partial charge on any atom is 0.254 e. The molecule has 1 saturated heterocycles. The number of rotatable bonds is 3. The molecule has 0 saturated carbocycles. The van der Waals surface area contributed by atoms with E-state index in [4.69, 9.17) is 0 Å². The molecule has 8 heteroatoms. The summed E-state index contributed by atoms with van der Waals surface area (Å²) >= 11 is 0. The van der Waals surface area contributed by atoms with Crippen molar-refractivity contribution in [2.24, 2.45) is 5.41 Å². The van der Waals surface area contributed by atoms with Crippen molar-refractivity contribution in [2.75, 3.05) is 20.6 Å². The average Bonchev–Trinajstić information content (AvgIpc) is 3.23. The molecule has 2 aliphatic rings. The van der Waals surface area contributed by atoms with E-state index >= 15 is 0 Å². The van der Waals surface area contributed by atoms with Gasteiger partial charge in [0.1, 0.15) is 0 Å². The number of aromatic nitrogens is 2. The number of hydrogen-bond donors (Lipinski definition) is 1. The number of fused-ring (bicyclic) bond motifs is 5. The molecule has 1 aliphatic heterocycles. The molecule has 7 nitrogen and oxygen atoms in total. The molecule has 33 heavy (non-hydrogen) atoms. The molecule has 1 aliphatic carbocycles. The third-order valence-corrected chi connectivity index (χ3v) is 10.1. The van der Waals surface area contributed by atoms with E-state index in [1.165, 1.54) is 9.87 Å². The molecule has 3 aromatic rings. The Morgan fingerprint density at radius 2 is 1.91 bits per heavy atom. The first-order valence-corrected chi connectivity index (χ1v) is 12.7. The van der Waals surface area contributed by atoms with Crippen LogP contribution in [0.3, 0.4) is 0 Å². The van der Waals surface area contributed by atoms with Gasteiger partial charge in [0.15, 0.2) is 0 Å². The number of hydrogen-bond acceptors (Lipinski definition) is 4. The summed E-state index contributed by atoms with van der Waals surface area (Å²) in [6, 6.07) is 11.1. The number of nitrogens with zero attached hydrogens (tertiary/aromatic N) is 3. The lowest BCUT2D eigenvalue weighted by Gasteiger charge is -2.60. The monoisotopic (exact) mass is 466 g/mol.